The van der Waals surface area contributed by atoms with Crippen molar-refractivity contribution in [2.24, 2.45) is 5.92 Å². The molecule has 3 aromatic rings. The predicted molar refractivity (Wildman–Crippen MR) is 105 cm³/mol. The first-order valence-corrected chi connectivity index (χ1v) is 9.40. The number of benzene rings is 1. The summed E-state index contributed by atoms with van der Waals surface area (Å²) in [6.45, 7) is 1.88. The lowest BCUT2D eigenvalue weighted by Crippen LogP contribution is -2.33. The van der Waals surface area contributed by atoms with Crippen molar-refractivity contribution in [1.29, 1.82) is 0 Å². The van der Waals surface area contributed by atoms with Crippen molar-refractivity contribution in [3.8, 4) is 0 Å². The molecule has 1 aliphatic rings. The minimum absolute atomic E-state index is 0.00356. The monoisotopic (exact) mass is 361 g/mol. The third-order valence-electron chi connectivity index (χ3n) is 5.38. The Hall–Kier alpha value is -2.79. The number of piperidine rings is 1. The van der Waals surface area contributed by atoms with E-state index in [1.54, 1.807) is 12.3 Å². The van der Waals surface area contributed by atoms with Crippen LogP contribution < -0.4 is 0 Å². The first-order valence-electron chi connectivity index (χ1n) is 9.40. The minimum Gasteiger partial charge on any atom is -0.360 e. The fourth-order valence-corrected chi connectivity index (χ4v) is 3.76. The number of rotatable bonds is 5. The molecule has 1 fully saturated rings. The molecule has 4 rings (SSSR count). The van der Waals surface area contributed by atoms with Gasteiger partial charge in [-0.1, -0.05) is 24.3 Å². The number of hydrogen-bond donors (Lipinski definition) is 1. The number of hydrogen-bond acceptors (Lipinski definition) is 4. The van der Waals surface area contributed by atoms with E-state index in [0.29, 0.717) is 17.0 Å². The maximum absolute atomic E-state index is 12.8. The molecule has 1 saturated heterocycles. The van der Waals surface area contributed by atoms with E-state index >= 15 is 0 Å². The highest BCUT2D eigenvalue weighted by atomic mass is 16.1. The van der Waals surface area contributed by atoms with Crippen molar-refractivity contribution in [2.45, 2.75) is 19.3 Å². The zero-order valence-electron chi connectivity index (χ0n) is 15.4. The van der Waals surface area contributed by atoms with Crippen LogP contribution in [0.15, 0.2) is 48.7 Å². The van der Waals surface area contributed by atoms with Crippen LogP contribution in [-0.2, 0) is 6.42 Å². The Morgan fingerprint density at radius 1 is 1.11 bits per heavy atom. The van der Waals surface area contributed by atoms with Gasteiger partial charge in [-0.05, 0) is 51.2 Å². The first-order chi connectivity index (χ1) is 13.1. The fraction of sp³-hybridized carbons (Fsp3) is 0.318. The number of likely N-dealkylation sites (tertiary alicyclic amines) is 1. The summed E-state index contributed by atoms with van der Waals surface area (Å²) in [7, 11) is 2.08. The molecule has 1 aromatic carbocycles. The first kappa shape index (κ1) is 17.6. The fourth-order valence-electron chi connectivity index (χ4n) is 3.76. The van der Waals surface area contributed by atoms with E-state index in [-0.39, 0.29) is 23.9 Å². The summed E-state index contributed by atoms with van der Waals surface area (Å²) >= 11 is 0. The lowest BCUT2D eigenvalue weighted by molar-refractivity contribution is 0.0850. The maximum atomic E-state index is 12.8. The number of Topliss-reactive ketones (excluding diaryl/α,β-unsaturated/α-hetero) is 2. The molecule has 0 aliphatic carbocycles. The van der Waals surface area contributed by atoms with Gasteiger partial charge in [-0.2, -0.15) is 0 Å². The van der Waals surface area contributed by atoms with Crippen LogP contribution in [0, 0.1) is 5.92 Å². The molecule has 2 aromatic heterocycles. The molecule has 0 bridgehead atoms. The van der Waals surface area contributed by atoms with Crippen LogP contribution in [0.5, 0.6) is 0 Å². The van der Waals surface area contributed by atoms with E-state index in [1.165, 1.54) is 0 Å². The number of carbonyl (C=O) groups is 2. The second-order valence-corrected chi connectivity index (χ2v) is 7.30. The van der Waals surface area contributed by atoms with Gasteiger partial charge in [0.25, 0.3) is 0 Å². The van der Waals surface area contributed by atoms with Crippen LogP contribution >= 0.6 is 0 Å². The van der Waals surface area contributed by atoms with E-state index in [1.807, 2.05) is 36.4 Å². The zero-order valence-corrected chi connectivity index (χ0v) is 15.4. The summed E-state index contributed by atoms with van der Waals surface area (Å²) in [5.41, 5.74) is 2.73. The molecule has 0 spiro atoms. The van der Waals surface area contributed by atoms with Crippen molar-refractivity contribution >= 4 is 22.5 Å². The molecule has 0 atom stereocenters. The SMILES string of the molecule is CN1CCC(C(=O)c2cccc(CC(=O)c3c[nH]c4ccccc34)n2)CC1. The number of nitrogens with zero attached hydrogens (tertiary/aromatic N) is 2. The Bertz CT molecular complexity index is 984. The standard InChI is InChI=1S/C22H23N3O2/c1-25-11-9-15(10-12-25)22(27)20-8-4-5-16(24-20)13-21(26)18-14-23-19-7-3-2-6-17(18)19/h2-8,14-15,23H,9-13H2,1H3. The summed E-state index contributed by atoms with van der Waals surface area (Å²) in [5.74, 6) is 0.140. The van der Waals surface area contributed by atoms with Crippen molar-refractivity contribution in [3.05, 3.63) is 65.6 Å². The number of ketones is 2. The van der Waals surface area contributed by atoms with E-state index in [4.69, 9.17) is 0 Å². The van der Waals surface area contributed by atoms with E-state index < -0.39 is 0 Å². The van der Waals surface area contributed by atoms with Gasteiger partial charge in [-0.25, -0.2) is 4.98 Å². The van der Waals surface area contributed by atoms with Crippen molar-refractivity contribution in [3.63, 3.8) is 0 Å². The van der Waals surface area contributed by atoms with Crippen LogP contribution in [0.2, 0.25) is 0 Å². The molecule has 0 radical (unpaired) electrons. The van der Waals surface area contributed by atoms with Crippen LogP contribution in [0.25, 0.3) is 10.9 Å². The molecule has 5 heteroatoms. The maximum Gasteiger partial charge on any atom is 0.184 e. The van der Waals surface area contributed by atoms with Crippen LogP contribution in [0.1, 0.15) is 39.4 Å². The molecule has 27 heavy (non-hydrogen) atoms. The van der Waals surface area contributed by atoms with E-state index in [2.05, 4.69) is 21.9 Å². The average molecular weight is 361 g/mol. The number of aromatic amines is 1. The summed E-state index contributed by atoms with van der Waals surface area (Å²) < 4.78 is 0. The van der Waals surface area contributed by atoms with Crippen LogP contribution in [0.4, 0.5) is 0 Å². The molecule has 0 unspecified atom stereocenters. The Labute approximate surface area is 158 Å². The second-order valence-electron chi connectivity index (χ2n) is 7.30. The Kier molecular flexibility index (Phi) is 4.86. The lowest BCUT2D eigenvalue weighted by Gasteiger charge is -2.27. The second kappa shape index (κ2) is 7.45. The zero-order chi connectivity index (χ0) is 18.8. The van der Waals surface area contributed by atoms with Gasteiger partial charge in [0, 0.05) is 34.3 Å². The lowest BCUT2D eigenvalue weighted by atomic mass is 9.91. The van der Waals surface area contributed by atoms with Gasteiger partial charge < -0.3 is 9.88 Å². The number of H-pyrrole nitrogens is 1. The number of fused-ring (bicyclic) bond motifs is 1. The van der Waals surface area contributed by atoms with E-state index in [0.717, 1.165) is 36.8 Å². The van der Waals surface area contributed by atoms with Gasteiger partial charge in [0.05, 0.1) is 6.42 Å². The number of para-hydroxylation sites is 1. The Morgan fingerprint density at radius 2 is 1.89 bits per heavy atom. The van der Waals surface area contributed by atoms with Crippen LogP contribution in [-0.4, -0.2) is 46.6 Å². The molecular weight excluding hydrogens is 338 g/mol. The van der Waals surface area contributed by atoms with Gasteiger partial charge in [-0.15, -0.1) is 0 Å². The van der Waals surface area contributed by atoms with Gasteiger partial charge in [0.15, 0.2) is 11.6 Å². The van der Waals surface area contributed by atoms with Crippen molar-refractivity contribution in [2.75, 3.05) is 20.1 Å². The topological polar surface area (TPSA) is 66.1 Å². The molecular formula is C22H23N3O2. The van der Waals surface area contributed by atoms with E-state index in [9.17, 15) is 9.59 Å². The molecule has 1 N–H and O–H groups in total. The largest absolute Gasteiger partial charge is 0.360 e. The summed E-state index contributed by atoms with van der Waals surface area (Å²) in [6.07, 6.45) is 3.68. The number of carbonyl (C=O) groups excluding carboxylic acids is 2. The minimum atomic E-state index is 0.00356. The van der Waals surface area contributed by atoms with Crippen molar-refractivity contribution < 1.29 is 9.59 Å². The number of pyridine rings is 1. The van der Waals surface area contributed by atoms with Gasteiger partial charge in [-0.3, -0.25) is 9.59 Å². The normalized spacial score (nSPS) is 15.9. The highest BCUT2D eigenvalue weighted by Crippen LogP contribution is 2.22. The third-order valence-corrected chi connectivity index (χ3v) is 5.38. The quantitative estimate of drug-likeness (QED) is 0.706. The molecule has 0 amide bonds. The average Bonchev–Trinajstić information content (AvgIpc) is 3.12. The van der Waals surface area contributed by atoms with Crippen molar-refractivity contribution in [1.82, 2.24) is 14.9 Å². The number of nitrogens with one attached hydrogen (secondary N) is 1. The molecule has 5 nitrogen and oxygen atoms in total. The van der Waals surface area contributed by atoms with Gasteiger partial charge in [0.1, 0.15) is 5.69 Å². The van der Waals surface area contributed by atoms with Gasteiger partial charge >= 0.3 is 0 Å². The highest BCUT2D eigenvalue weighted by molar-refractivity contribution is 6.08. The molecule has 3 heterocycles. The predicted octanol–water partition coefficient (Wildman–Crippen LogP) is 3.51. The number of aromatic nitrogens is 2. The summed E-state index contributed by atoms with van der Waals surface area (Å²) in [5, 5.41) is 0.918. The Morgan fingerprint density at radius 3 is 2.70 bits per heavy atom. The summed E-state index contributed by atoms with van der Waals surface area (Å²) in [4.78, 5) is 35.4. The smallest absolute Gasteiger partial charge is 0.184 e. The third kappa shape index (κ3) is 3.69. The molecule has 138 valence electrons. The molecule has 0 saturated carbocycles. The Balaban J connectivity index is 1.51. The highest BCUT2D eigenvalue weighted by Gasteiger charge is 2.25. The van der Waals surface area contributed by atoms with Gasteiger partial charge in [0.2, 0.25) is 0 Å². The summed E-state index contributed by atoms with van der Waals surface area (Å²) in [6, 6.07) is 13.2. The molecule has 1 aliphatic heterocycles. The van der Waals surface area contributed by atoms with Crippen LogP contribution in [0.3, 0.4) is 0 Å².